The Balaban J connectivity index is 4.42. The Morgan fingerprint density at radius 3 is 2.23 bits per heavy atom. The van der Waals surface area contributed by atoms with Crippen LogP contribution in [0.1, 0.15) is 20.8 Å². The van der Waals surface area contributed by atoms with Gasteiger partial charge in [-0.1, -0.05) is 6.58 Å². The monoisotopic (exact) mass is 183 g/mol. The lowest BCUT2D eigenvalue weighted by Gasteiger charge is -2.18. The van der Waals surface area contributed by atoms with E-state index in [1.165, 1.54) is 13.0 Å². The van der Waals surface area contributed by atoms with Crippen LogP contribution < -0.4 is 0 Å². The molecule has 0 aromatic carbocycles. The van der Waals surface area contributed by atoms with Crippen molar-refractivity contribution in [2.45, 2.75) is 20.8 Å². The van der Waals surface area contributed by atoms with Crippen molar-refractivity contribution in [2.75, 3.05) is 13.1 Å². The summed E-state index contributed by atoms with van der Waals surface area (Å²) in [5.41, 5.74) is 0.323. The minimum absolute atomic E-state index is 0.102. The summed E-state index contributed by atoms with van der Waals surface area (Å²) in [5, 5.41) is 8.93. The van der Waals surface area contributed by atoms with Crippen molar-refractivity contribution in [1.82, 2.24) is 4.90 Å². The molecule has 0 bridgehead atoms. The highest BCUT2D eigenvalue weighted by molar-refractivity contribution is 5.95. The zero-order valence-electron chi connectivity index (χ0n) is 8.50. The van der Waals surface area contributed by atoms with Gasteiger partial charge in [-0.2, -0.15) is 0 Å². The van der Waals surface area contributed by atoms with Gasteiger partial charge in [-0.15, -0.1) is 0 Å². The summed E-state index contributed by atoms with van der Waals surface area (Å²) in [6.07, 6.45) is 1.38. The fourth-order valence-electron chi connectivity index (χ4n) is 1.03. The number of aliphatic hydroxyl groups is 1. The fourth-order valence-corrected chi connectivity index (χ4v) is 1.03. The molecule has 0 saturated carbocycles. The number of nitrogens with zero attached hydrogens (tertiary/aromatic N) is 1. The first-order valence-electron chi connectivity index (χ1n) is 4.38. The zero-order valence-corrected chi connectivity index (χ0v) is 8.50. The molecule has 1 N–H and O–H groups in total. The van der Waals surface area contributed by atoms with Crippen LogP contribution in [0.5, 0.6) is 0 Å². The van der Waals surface area contributed by atoms with Crippen molar-refractivity contribution in [3.8, 4) is 0 Å². The number of carbonyl (C=O) groups excluding carboxylic acids is 1. The number of hydrogen-bond donors (Lipinski definition) is 1. The Morgan fingerprint density at radius 1 is 1.46 bits per heavy atom. The number of carbonyl (C=O) groups is 1. The van der Waals surface area contributed by atoms with Crippen LogP contribution in [-0.2, 0) is 4.79 Å². The Kier molecular flexibility index (Phi) is 4.89. The van der Waals surface area contributed by atoms with Crippen molar-refractivity contribution in [1.29, 1.82) is 0 Å². The maximum absolute atomic E-state index is 11.5. The van der Waals surface area contributed by atoms with Crippen LogP contribution in [0.3, 0.4) is 0 Å². The molecule has 74 valence electrons. The lowest BCUT2D eigenvalue weighted by Crippen LogP contribution is -2.31. The molecule has 0 saturated heterocycles. The van der Waals surface area contributed by atoms with Gasteiger partial charge in [0.25, 0.3) is 5.91 Å². The van der Waals surface area contributed by atoms with Crippen molar-refractivity contribution in [2.24, 2.45) is 0 Å². The second-order valence-corrected chi connectivity index (χ2v) is 2.79. The molecule has 0 radical (unpaired) electrons. The molecular weight excluding hydrogens is 166 g/mol. The molecule has 0 aliphatic rings. The molecule has 0 aliphatic carbocycles. The van der Waals surface area contributed by atoms with Crippen LogP contribution in [0.2, 0.25) is 0 Å². The number of aliphatic hydroxyl groups excluding tert-OH is 1. The Hall–Kier alpha value is -1.25. The third-order valence-corrected chi connectivity index (χ3v) is 1.71. The normalized spacial score (nSPS) is 11.2. The molecule has 0 spiro atoms. The number of rotatable bonds is 4. The first-order chi connectivity index (χ1) is 6.02. The quantitative estimate of drug-likeness (QED) is 0.410. The molecular formula is C10H17NO2. The molecule has 0 atom stereocenters. The summed E-state index contributed by atoms with van der Waals surface area (Å²) in [6.45, 7) is 10.2. The predicted molar refractivity (Wildman–Crippen MR) is 53.5 cm³/mol. The van der Waals surface area contributed by atoms with E-state index in [4.69, 9.17) is 5.11 Å². The van der Waals surface area contributed by atoms with E-state index in [2.05, 4.69) is 6.58 Å². The van der Waals surface area contributed by atoms with E-state index in [-0.39, 0.29) is 11.7 Å². The van der Waals surface area contributed by atoms with Gasteiger partial charge in [0.2, 0.25) is 0 Å². The highest BCUT2D eigenvalue weighted by Crippen LogP contribution is 2.03. The van der Waals surface area contributed by atoms with Crippen molar-refractivity contribution in [3.05, 3.63) is 24.0 Å². The minimum atomic E-state index is -0.126. The molecule has 1 amide bonds. The average Bonchev–Trinajstić information content (AvgIpc) is 2.05. The maximum atomic E-state index is 11.5. The lowest BCUT2D eigenvalue weighted by atomic mass is 10.2. The SMILES string of the molecule is C=C(/C=C(\C)O)C(=O)N(CC)CC. The summed E-state index contributed by atoms with van der Waals surface area (Å²) in [6, 6.07) is 0. The summed E-state index contributed by atoms with van der Waals surface area (Å²) < 4.78 is 0. The summed E-state index contributed by atoms with van der Waals surface area (Å²) in [7, 11) is 0. The van der Waals surface area contributed by atoms with Gasteiger partial charge >= 0.3 is 0 Å². The number of amides is 1. The van der Waals surface area contributed by atoms with Gasteiger partial charge in [0.1, 0.15) is 0 Å². The van der Waals surface area contributed by atoms with Gasteiger partial charge < -0.3 is 10.0 Å². The van der Waals surface area contributed by atoms with Gasteiger partial charge in [-0.3, -0.25) is 4.79 Å². The highest BCUT2D eigenvalue weighted by atomic mass is 16.3. The van der Waals surface area contributed by atoms with Gasteiger partial charge in [-0.05, 0) is 26.8 Å². The van der Waals surface area contributed by atoms with Gasteiger partial charge in [0.05, 0.1) is 5.76 Å². The van der Waals surface area contributed by atoms with E-state index in [9.17, 15) is 4.79 Å². The molecule has 3 heteroatoms. The fraction of sp³-hybridized carbons (Fsp3) is 0.500. The van der Waals surface area contributed by atoms with E-state index >= 15 is 0 Å². The highest BCUT2D eigenvalue weighted by Gasteiger charge is 2.11. The molecule has 3 nitrogen and oxygen atoms in total. The molecule has 0 fully saturated rings. The van der Waals surface area contributed by atoms with Crippen molar-refractivity contribution < 1.29 is 9.90 Å². The van der Waals surface area contributed by atoms with E-state index in [0.29, 0.717) is 18.7 Å². The molecule has 0 aromatic heterocycles. The van der Waals surface area contributed by atoms with Crippen LogP contribution in [0.25, 0.3) is 0 Å². The van der Waals surface area contributed by atoms with E-state index in [1.807, 2.05) is 13.8 Å². The van der Waals surface area contributed by atoms with Crippen molar-refractivity contribution >= 4 is 5.91 Å². The van der Waals surface area contributed by atoms with Gasteiger partial charge in [-0.25, -0.2) is 0 Å². The Labute approximate surface area is 79.4 Å². The average molecular weight is 183 g/mol. The lowest BCUT2D eigenvalue weighted by molar-refractivity contribution is -0.126. The van der Waals surface area contributed by atoms with Gasteiger partial charge in [0, 0.05) is 18.7 Å². The molecule has 0 aromatic rings. The molecule has 13 heavy (non-hydrogen) atoms. The largest absolute Gasteiger partial charge is 0.513 e. The molecule has 0 aliphatic heterocycles. The molecule has 0 rings (SSSR count). The topological polar surface area (TPSA) is 40.5 Å². The second-order valence-electron chi connectivity index (χ2n) is 2.79. The van der Waals surface area contributed by atoms with Crippen LogP contribution in [0.4, 0.5) is 0 Å². The number of likely N-dealkylation sites (N-methyl/N-ethyl adjacent to an activating group) is 1. The third-order valence-electron chi connectivity index (χ3n) is 1.71. The van der Waals surface area contributed by atoms with E-state index < -0.39 is 0 Å². The summed E-state index contributed by atoms with van der Waals surface area (Å²) in [4.78, 5) is 13.2. The summed E-state index contributed by atoms with van der Waals surface area (Å²) in [5.74, 6) is -0.0242. The van der Waals surface area contributed by atoms with Crippen LogP contribution >= 0.6 is 0 Å². The minimum Gasteiger partial charge on any atom is -0.513 e. The van der Waals surface area contributed by atoms with Crippen molar-refractivity contribution in [3.63, 3.8) is 0 Å². The molecule has 0 unspecified atom stereocenters. The second kappa shape index (κ2) is 5.41. The standard InChI is InChI=1S/C10H17NO2/c1-5-11(6-2)10(13)8(3)7-9(4)12/h7,12H,3,5-6H2,1-2,4H3/b9-7+. The Bertz CT molecular complexity index is 223. The van der Waals surface area contributed by atoms with Crippen LogP contribution in [0.15, 0.2) is 24.0 Å². The van der Waals surface area contributed by atoms with Crippen LogP contribution in [-0.4, -0.2) is 29.0 Å². The maximum Gasteiger partial charge on any atom is 0.253 e. The zero-order chi connectivity index (χ0) is 10.4. The number of hydrogen-bond acceptors (Lipinski definition) is 2. The Morgan fingerprint density at radius 2 is 1.92 bits per heavy atom. The predicted octanol–water partition coefficient (Wildman–Crippen LogP) is 1.87. The van der Waals surface area contributed by atoms with Gasteiger partial charge in [0.15, 0.2) is 0 Å². The van der Waals surface area contributed by atoms with Crippen LogP contribution in [0, 0.1) is 0 Å². The van der Waals surface area contributed by atoms with E-state index in [0.717, 1.165) is 0 Å². The smallest absolute Gasteiger partial charge is 0.253 e. The first-order valence-corrected chi connectivity index (χ1v) is 4.38. The molecule has 0 heterocycles. The summed E-state index contributed by atoms with van der Waals surface area (Å²) >= 11 is 0. The number of allylic oxidation sites excluding steroid dienone is 1. The third kappa shape index (κ3) is 3.78. The van der Waals surface area contributed by atoms with E-state index in [1.54, 1.807) is 4.90 Å². The first kappa shape index (κ1) is 11.8.